The number of pyridine rings is 1. The fourth-order valence-corrected chi connectivity index (χ4v) is 3.07. The fourth-order valence-electron chi connectivity index (χ4n) is 2.67. The van der Waals surface area contributed by atoms with Gasteiger partial charge >= 0.3 is 5.91 Å². The number of hydrogen-bond donors (Lipinski definition) is 2. The Kier molecular flexibility index (Phi) is 6.46. The molecule has 3 rings (SSSR count). The van der Waals surface area contributed by atoms with E-state index in [9.17, 15) is 10.1 Å². The molecule has 6 nitrogen and oxygen atoms in total. The molecule has 0 fully saturated rings. The maximum absolute atomic E-state index is 12.2. The summed E-state index contributed by atoms with van der Waals surface area (Å²) in [5.41, 5.74) is 2.27. The Bertz CT molecular complexity index is 1170. The van der Waals surface area contributed by atoms with Gasteiger partial charge in [-0.15, -0.1) is 0 Å². The van der Waals surface area contributed by atoms with Gasteiger partial charge in [0.05, 0.1) is 17.7 Å². The number of aromatic nitrogens is 1. The van der Waals surface area contributed by atoms with Crippen molar-refractivity contribution in [3.05, 3.63) is 58.6 Å². The number of hydrogen-bond acceptors (Lipinski definition) is 5. The molecular weight excluding hydrogens is 430 g/mol. The van der Waals surface area contributed by atoms with Crippen molar-refractivity contribution in [2.75, 3.05) is 31.3 Å². The van der Waals surface area contributed by atoms with E-state index in [1.165, 1.54) is 0 Å². The number of benzene rings is 2. The molecule has 29 heavy (non-hydrogen) atoms. The van der Waals surface area contributed by atoms with Crippen molar-refractivity contribution in [2.24, 2.45) is 0 Å². The molecule has 0 bridgehead atoms. The summed E-state index contributed by atoms with van der Waals surface area (Å²) in [5.74, 6) is 4.95. The predicted molar refractivity (Wildman–Crippen MR) is 119 cm³/mol. The van der Waals surface area contributed by atoms with Crippen LogP contribution in [0.15, 0.2) is 53.0 Å². The van der Waals surface area contributed by atoms with Crippen molar-refractivity contribution in [2.45, 2.75) is 0 Å². The molecule has 2 N–H and O–H groups in total. The first kappa shape index (κ1) is 20.3. The van der Waals surface area contributed by atoms with Crippen LogP contribution in [0, 0.1) is 23.2 Å². The van der Waals surface area contributed by atoms with E-state index in [1.54, 1.807) is 0 Å². The molecule has 0 atom stereocenters. The topological polar surface area (TPSA) is 81.1 Å². The quantitative estimate of drug-likeness (QED) is 0.587. The molecule has 1 heterocycles. The lowest BCUT2D eigenvalue weighted by molar-refractivity contribution is -0.111. The lowest BCUT2D eigenvalue weighted by Gasteiger charge is -2.15. The minimum atomic E-state index is -0.514. The Morgan fingerprint density at radius 3 is 2.72 bits per heavy atom. The maximum Gasteiger partial charge on any atom is 0.301 e. The number of nitrogens with one attached hydrogen (secondary N) is 2. The molecular formula is C22H18BrN5O. The van der Waals surface area contributed by atoms with Crippen LogP contribution in [0.4, 0.5) is 17.2 Å². The van der Waals surface area contributed by atoms with E-state index in [-0.39, 0.29) is 11.4 Å². The predicted octanol–water partition coefficient (Wildman–Crippen LogP) is 4.12. The molecule has 2 aromatic carbocycles. The molecule has 1 aromatic heterocycles. The van der Waals surface area contributed by atoms with Crippen LogP contribution in [0.25, 0.3) is 10.9 Å². The van der Waals surface area contributed by atoms with Crippen molar-refractivity contribution < 1.29 is 4.79 Å². The highest BCUT2D eigenvalue weighted by atomic mass is 79.9. The first-order valence-corrected chi connectivity index (χ1v) is 9.57. The Balaban J connectivity index is 2.05. The zero-order valence-corrected chi connectivity index (χ0v) is 17.5. The summed E-state index contributed by atoms with van der Waals surface area (Å²) in [6.45, 7) is 0.458. The third-order valence-electron chi connectivity index (χ3n) is 3.93. The average Bonchev–Trinajstić information content (AvgIpc) is 2.68. The number of carbonyl (C=O) groups is 1. The Hall–Kier alpha value is -3.39. The van der Waals surface area contributed by atoms with Crippen LogP contribution in [0.1, 0.15) is 5.56 Å². The second-order valence-electron chi connectivity index (χ2n) is 6.47. The van der Waals surface area contributed by atoms with Crippen LogP contribution in [0.5, 0.6) is 0 Å². The number of carbonyl (C=O) groups excluding carboxylic acids is 1. The highest BCUT2D eigenvalue weighted by Crippen LogP contribution is 2.33. The number of nitriles is 1. The number of fused-ring (bicyclic) bond motifs is 1. The third kappa shape index (κ3) is 5.11. The molecule has 0 unspecified atom stereocenters. The number of amides is 1. The van der Waals surface area contributed by atoms with Crippen LogP contribution in [-0.4, -0.2) is 36.4 Å². The second kappa shape index (κ2) is 9.20. The first-order valence-electron chi connectivity index (χ1n) is 8.78. The van der Waals surface area contributed by atoms with E-state index in [1.807, 2.05) is 67.5 Å². The summed E-state index contributed by atoms with van der Waals surface area (Å²) in [7, 11) is 3.73. The van der Waals surface area contributed by atoms with Gasteiger partial charge in [0.25, 0.3) is 0 Å². The smallest absolute Gasteiger partial charge is 0.301 e. The van der Waals surface area contributed by atoms with E-state index in [4.69, 9.17) is 0 Å². The molecule has 0 saturated carbocycles. The van der Waals surface area contributed by atoms with Gasteiger partial charge < -0.3 is 5.32 Å². The van der Waals surface area contributed by atoms with Crippen molar-refractivity contribution in [1.29, 1.82) is 5.26 Å². The number of rotatable bonds is 4. The highest BCUT2D eigenvalue weighted by Gasteiger charge is 2.16. The van der Waals surface area contributed by atoms with E-state index in [0.29, 0.717) is 17.7 Å². The van der Waals surface area contributed by atoms with Crippen molar-refractivity contribution >= 4 is 49.9 Å². The number of halogens is 1. The summed E-state index contributed by atoms with van der Waals surface area (Å²) < 4.78 is 0.907. The zero-order valence-electron chi connectivity index (χ0n) is 16.0. The van der Waals surface area contributed by atoms with Crippen LogP contribution >= 0.6 is 15.9 Å². The zero-order chi connectivity index (χ0) is 20.8. The second-order valence-corrected chi connectivity index (χ2v) is 7.38. The lowest BCUT2D eigenvalue weighted by Crippen LogP contribution is -2.15. The molecule has 0 spiro atoms. The van der Waals surface area contributed by atoms with Gasteiger partial charge in [-0.3, -0.25) is 15.0 Å². The minimum absolute atomic E-state index is 0.174. The number of anilines is 3. The molecule has 144 valence electrons. The Labute approximate surface area is 177 Å². The van der Waals surface area contributed by atoms with Gasteiger partial charge in [-0.2, -0.15) is 5.26 Å². The van der Waals surface area contributed by atoms with E-state index in [0.717, 1.165) is 15.5 Å². The van der Waals surface area contributed by atoms with Gasteiger partial charge in [0, 0.05) is 15.5 Å². The third-order valence-corrected chi connectivity index (χ3v) is 4.42. The lowest BCUT2D eigenvalue weighted by atomic mass is 10.1. The summed E-state index contributed by atoms with van der Waals surface area (Å²) in [4.78, 5) is 18.6. The number of para-hydroxylation sites is 1. The summed E-state index contributed by atoms with van der Waals surface area (Å²) in [5, 5.41) is 16.5. The van der Waals surface area contributed by atoms with Gasteiger partial charge in [0.15, 0.2) is 5.82 Å². The SMILES string of the molecule is CN(C)CC#CC(=O)Nc1nc2ccccc2c(Nc2cccc(Br)c2)c1C#N. The molecule has 0 aliphatic carbocycles. The Morgan fingerprint density at radius 1 is 1.21 bits per heavy atom. The van der Waals surface area contributed by atoms with Gasteiger partial charge in [-0.1, -0.05) is 46.1 Å². The van der Waals surface area contributed by atoms with Crippen molar-refractivity contribution in [1.82, 2.24) is 9.88 Å². The van der Waals surface area contributed by atoms with Crippen LogP contribution in [0.3, 0.4) is 0 Å². The molecule has 0 saturated heterocycles. The van der Waals surface area contributed by atoms with E-state index < -0.39 is 5.91 Å². The van der Waals surface area contributed by atoms with Gasteiger partial charge in [0.1, 0.15) is 11.6 Å². The minimum Gasteiger partial charge on any atom is -0.354 e. The summed E-state index contributed by atoms with van der Waals surface area (Å²) in [6, 6.07) is 17.2. The molecule has 1 amide bonds. The van der Waals surface area contributed by atoms with Gasteiger partial charge in [0.2, 0.25) is 0 Å². The molecule has 0 aliphatic rings. The van der Waals surface area contributed by atoms with E-state index >= 15 is 0 Å². The molecule has 3 aromatic rings. The monoisotopic (exact) mass is 447 g/mol. The average molecular weight is 448 g/mol. The molecule has 0 aliphatic heterocycles. The van der Waals surface area contributed by atoms with Crippen molar-refractivity contribution in [3.63, 3.8) is 0 Å². The maximum atomic E-state index is 12.2. The summed E-state index contributed by atoms with van der Waals surface area (Å²) >= 11 is 3.45. The van der Waals surface area contributed by atoms with Crippen LogP contribution in [-0.2, 0) is 4.79 Å². The van der Waals surface area contributed by atoms with Crippen LogP contribution in [0.2, 0.25) is 0 Å². The van der Waals surface area contributed by atoms with Crippen LogP contribution < -0.4 is 10.6 Å². The standard InChI is InChI=1S/C22H18BrN5O/c1-28(2)12-6-11-20(29)27-22-18(14-24)21(17-9-3-4-10-19(17)26-22)25-16-8-5-7-15(23)13-16/h3-5,7-10,13H,12H2,1-2H3,(H2,25,26,27,29). The van der Waals surface area contributed by atoms with Gasteiger partial charge in [-0.05, 0) is 44.3 Å². The largest absolute Gasteiger partial charge is 0.354 e. The van der Waals surface area contributed by atoms with Gasteiger partial charge in [-0.25, -0.2) is 4.98 Å². The van der Waals surface area contributed by atoms with E-state index in [2.05, 4.69) is 49.5 Å². The molecule has 7 heteroatoms. The normalized spacial score (nSPS) is 10.2. The molecule has 0 radical (unpaired) electrons. The summed E-state index contributed by atoms with van der Waals surface area (Å²) in [6.07, 6.45) is 0. The first-order chi connectivity index (χ1) is 14.0. The van der Waals surface area contributed by atoms with Crippen molar-refractivity contribution in [3.8, 4) is 17.9 Å². The Morgan fingerprint density at radius 2 is 2.00 bits per heavy atom. The fraction of sp³-hybridized carbons (Fsp3) is 0.136. The highest BCUT2D eigenvalue weighted by molar-refractivity contribution is 9.10. The number of nitrogens with zero attached hydrogens (tertiary/aromatic N) is 3.